The Morgan fingerprint density at radius 1 is 1.33 bits per heavy atom. The van der Waals surface area contributed by atoms with Gasteiger partial charge in [0, 0.05) is 49.2 Å². The molecule has 1 fully saturated rings. The third-order valence-electron chi connectivity index (χ3n) is 4.23. The highest BCUT2D eigenvalue weighted by atomic mass is 32.2. The minimum atomic E-state index is 0.261. The highest BCUT2D eigenvalue weighted by Gasteiger charge is 2.28. The molecule has 0 atom stereocenters. The van der Waals surface area contributed by atoms with Crippen molar-refractivity contribution in [3.05, 3.63) is 23.8 Å². The molecule has 1 aromatic carbocycles. The number of nitrogens with one attached hydrogen (secondary N) is 1. The monoisotopic (exact) mass is 349 g/mol. The largest absolute Gasteiger partial charge is 0.490 e. The Morgan fingerprint density at radius 2 is 2.17 bits per heavy atom. The molecule has 2 aliphatic rings. The van der Waals surface area contributed by atoms with Crippen molar-refractivity contribution in [1.29, 1.82) is 0 Å². The van der Waals surface area contributed by atoms with E-state index in [1.807, 2.05) is 30.9 Å². The van der Waals surface area contributed by atoms with Crippen LogP contribution in [0.4, 0.5) is 0 Å². The first-order chi connectivity index (χ1) is 11.6. The Kier molecular flexibility index (Phi) is 5.43. The van der Waals surface area contributed by atoms with Crippen molar-refractivity contribution in [2.24, 2.45) is 4.99 Å². The van der Waals surface area contributed by atoms with Crippen LogP contribution in [0.5, 0.6) is 11.5 Å². The second kappa shape index (κ2) is 7.55. The molecule has 0 aliphatic carbocycles. The van der Waals surface area contributed by atoms with Crippen LogP contribution in [0, 0.1) is 0 Å². The molecule has 1 saturated heterocycles. The molecule has 0 spiro atoms. The summed E-state index contributed by atoms with van der Waals surface area (Å²) in [5.74, 6) is 3.80. The lowest BCUT2D eigenvalue weighted by Crippen LogP contribution is -2.50. The number of ether oxygens (including phenoxy) is 2. The van der Waals surface area contributed by atoms with Gasteiger partial charge in [0.2, 0.25) is 0 Å². The highest BCUT2D eigenvalue weighted by molar-refractivity contribution is 8.00. The number of para-hydroxylation sites is 1. The zero-order valence-electron chi connectivity index (χ0n) is 14.8. The normalized spacial score (nSPS) is 20.5. The Bertz CT molecular complexity index is 604. The summed E-state index contributed by atoms with van der Waals surface area (Å²) in [7, 11) is 1.85. The van der Waals surface area contributed by atoms with Gasteiger partial charge in [0.1, 0.15) is 0 Å². The summed E-state index contributed by atoms with van der Waals surface area (Å²) in [5, 5.41) is 3.49. The fourth-order valence-corrected chi connectivity index (χ4v) is 4.21. The standard InChI is InChI=1S/C18H27N3O2S/c1-18(2)13-21(8-11-24-18)17(19-3)20-12-14-6-4-7-15-16(14)23-10-5-9-22-15/h4,6-7H,5,8-13H2,1-3H3,(H,19,20). The number of benzene rings is 1. The molecule has 6 heteroatoms. The molecule has 0 unspecified atom stereocenters. The van der Waals surface area contributed by atoms with Crippen LogP contribution in [-0.2, 0) is 6.54 Å². The van der Waals surface area contributed by atoms with E-state index < -0.39 is 0 Å². The first-order valence-corrected chi connectivity index (χ1v) is 9.55. The van der Waals surface area contributed by atoms with Gasteiger partial charge in [-0.1, -0.05) is 12.1 Å². The van der Waals surface area contributed by atoms with E-state index in [2.05, 4.69) is 35.1 Å². The number of fused-ring (bicyclic) bond motifs is 1. The third-order valence-corrected chi connectivity index (χ3v) is 5.52. The number of hydrogen-bond acceptors (Lipinski definition) is 4. The first-order valence-electron chi connectivity index (χ1n) is 8.56. The number of hydrogen-bond donors (Lipinski definition) is 1. The van der Waals surface area contributed by atoms with Gasteiger partial charge in [-0.15, -0.1) is 0 Å². The van der Waals surface area contributed by atoms with Gasteiger partial charge in [0.25, 0.3) is 0 Å². The van der Waals surface area contributed by atoms with Crippen LogP contribution in [0.2, 0.25) is 0 Å². The maximum Gasteiger partial charge on any atom is 0.193 e. The molecule has 132 valence electrons. The molecule has 0 saturated carbocycles. The van der Waals surface area contributed by atoms with Crippen molar-refractivity contribution in [3.8, 4) is 11.5 Å². The van der Waals surface area contributed by atoms with Crippen molar-refractivity contribution in [2.75, 3.05) is 39.1 Å². The topological polar surface area (TPSA) is 46.1 Å². The van der Waals surface area contributed by atoms with E-state index in [9.17, 15) is 0 Å². The van der Waals surface area contributed by atoms with Crippen molar-refractivity contribution in [1.82, 2.24) is 10.2 Å². The lowest BCUT2D eigenvalue weighted by atomic mass is 10.1. The van der Waals surface area contributed by atoms with E-state index in [1.165, 1.54) is 0 Å². The summed E-state index contributed by atoms with van der Waals surface area (Å²) in [6.45, 7) is 8.72. The number of thioether (sulfide) groups is 1. The Morgan fingerprint density at radius 3 is 2.96 bits per heavy atom. The van der Waals surface area contributed by atoms with Gasteiger partial charge >= 0.3 is 0 Å². The van der Waals surface area contributed by atoms with Gasteiger partial charge in [-0.3, -0.25) is 4.99 Å². The number of rotatable bonds is 2. The fraction of sp³-hybridized carbons (Fsp3) is 0.611. The summed E-state index contributed by atoms with van der Waals surface area (Å²) in [6, 6.07) is 6.08. The SMILES string of the molecule is CN=C(NCc1cccc2c1OCCCO2)N1CCSC(C)(C)C1. The minimum absolute atomic E-state index is 0.261. The van der Waals surface area contributed by atoms with Gasteiger partial charge in [0.05, 0.1) is 13.2 Å². The van der Waals surface area contributed by atoms with E-state index in [-0.39, 0.29) is 4.75 Å². The predicted octanol–water partition coefficient (Wildman–Crippen LogP) is 2.75. The number of guanidine groups is 1. The number of aliphatic imine (C=N–C) groups is 1. The maximum atomic E-state index is 5.90. The second-order valence-corrected chi connectivity index (χ2v) is 8.53. The van der Waals surface area contributed by atoms with Crippen LogP contribution < -0.4 is 14.8 Å². The summed E-state index contributed by atoms with van der Waals surface area (Å²) in [6.07, 6.45) is 0.920. The zero-order chi connectivity index (χ0) is 17.0. The summed E-state index contributed by atoms with van der Waals surface area (Å²) >= 11 is 2.03. The van der Waals surface area contributed by atoms with Crippen LogP contribution in [-0.4, -0.2) is 54.7 Å². The Balaban J connectivity index is 1.68. The van der Waals surface area contributed by atoms with E-state index in [0.29, 0.717) is 19.8 Å². The van der Waals surface area contributed by atoms with Crippen molar-refractivity contribution in [2.45, 2.75) is 31.6 Å². The third kappa shape index (κ3) is 4.09. The van der Waals surface area contributed by atoms with Crippen LogP contribution >= 0.6 is 11.8 Å². The van der Waals surface area contributed by atoms with Crippen molar-refractivity contribution in [3.63, 3.8) is 0 Å². The average molecular weight is 350 g/mol. The lowest BCUT2D eigenvalue weighted by molar-refractivity contribution is 0.296. The van der Waals surface area contributed by atoms with Crippen molar-refractivity contribution < 1.29 is 9.47 Å². The highest BCUT2D eigenvalue weighted by Crippen LogP contribution is 2.33. The fourth-order valence-electron chi connectivity index (χ4n) is 3.10. The van der Waals surface area contributed by atoms with E-state index >= 15 is 0 Å². The van der Waals surface area contributed by atoms with Gasteiger partial charge in [0.15, 0.2) is 17.5 Å². The van der Waals surface area contributed by atoms with Gasteiger partial charge in [-0.2, -0.15) is 11.8 Å². The molecule has 5 nitrogen and oxygen atoms in total. The molecule has 0 radical (unpaired) electrons. The van der Waals surface area contributed by atoms with Gasteiger partial charge in [-0.05, 0) is 19.9 Å². The second-order valence-electron chi connectivity index (χ2n) is 6.73. The Hall–Kier alpha value is -1.56. The van der Waals surface area contributed by atoms with E-state index in [1.54, 1.807) is 0 Å². The summed E-state index contributed by atoms with van der Waals surface area (Å²) < 4.78 is 11.9. The lowest BCUT2D eigenvalue weighted by Gasteiger charge is -2.39. The number of nitrogens with zero attached hydrogens (tertiary/aromatic N) is 2. The zero-order valence-corrected chi connectivity index (χ0v) is 15.6. The molecule has 24 heavy (non-hydrogen) atoms. The Labute approximate surface area is 148 Å². The molecule has 0 amide bonds. The molecule has 1 N–H and O–H groups in total. The summed E-state index contributed by atoms with van der Waals surface area (Å²) in [4.78, 5) is 6.82. The molecule has 3 rings (SSSR count). The molecular formula is C18H27N3O2S. The molecule has 2 heterocycles. The van der Waals surface area contributed by atoms with Crippen LogP contribution in [0.25, 0.3) is 0 Å². The molecule has 1 aromatic rings. The van der Waals surface area contributed by atoms with Crippen LogP contribution in [0.15, 0.2) is 23.2 Å². The quantitative estimate of drug-likeness (QED) is 0.657. The van der Waals surface area contributed by atoms with Gasteiger partial charge < -0.3 is 19.7 Å². The minimum Gasteiger partial charge on any atom is -0.490 e. The smallest absolute Gasteiger partial charge is 0.193 e. The van der Waals surface area contributed by atoms with Gasteiger partial charge in [-0.25, -0.2) is 0 Å². The first kappa shape index (κ1) is 17.3. The average Bonchev–Trinajstić information content (AvgIpc) is 2.80. The molecular weight excluding hydrogens is 322 g/mol. The van der Waals surface area contributed by atoms with E-state index in [4.69, 9.17) is 9.47 Å². The molecule has 0 aromatic heterocycles. The molecule has 2 aliphatic heterocycles. The maximum absolute atomic E-state index is 5.90. The van der Waals surface area contributed by atoms with E-state index in [0.717, 1.165) is 48.3 Å². The van der Waals surface area contributed by atoms with Crippen molar-refractivity contribution >= 4 is 17.7 Å². The van der Waals surface area contributed by atoms with Crippen LogP contribution in [0.1, 0.15) is 25.8 Å². The predicted molar refractivity (Wildman–Crippen MR) is 100 cm³/mol. The summed E-state index contributed by atoms with van der Waals surface area (Å²) in [5.41, 5.74) is 1.11. The van der Waals surface area contributed by atoms with Crippen LogP contribution in [0.3, 0.4) is 0 Å². The molecule has 0 bridgehead atoms.